The van der Waals surface area contributed by atoms with Gasteiger partial charge in [-0.05, 0) is 32.4 Å². The van der Waals surface area contributed by atoms with Gasteiger partial charge in [0.15, 0.2) is 6.10 Å². The van der Waals surface area contributed by atoms with Crippen LogP contribution in [0.3, 0.4) is 0 Å². The van der Waals surface area contributed by atoms with Gasteiger partial charge in [-0.3, -0.25) is 14.9 Å². The lowest BCUT2D eigenvalue weighted by Gasteiger charge is -2.13. The monoisotopic (exact) mass is 346 g/mol. The molecule has 2 aromatic rings. The van der Waals surface area contributed by atoms with Gasteiger partial charge in [-0.25, -0.2) is 4.79 Å². The number of nitrogens with zero attached hydrogens (tertiary/aromatic N) is 1. The average molecular weight is 346 g/mol. The number of nitro benzene ring substituents is 1. The van der Waals surface area contributed by atoms with E-state index in [0.717, 1.165) is 0 Å². The summed E-state index contributed by atoms with van der Waals surface area (Å²) < 4.78 is 10.2. The molecular weight excluding hydrogens is 328 g/mol. The number of rotatable bonds is 6. The normalized spacial score (nSPS) is 11.7. The zero-order valence-electron chi connectivity index (χ0n) is 14.3. The second kappa shape index (κ2) is 7.16. The number of aryl methyl sites for hydroxylation is 1. The molecule has 0 radical (unpaired) electrons. The molecule has 0 amide bonds. The lowest BCUT2D eigenvalue weighted by molar-refractivity contribution is -0.384. The molecule has 8 heteroatoms. The Morgan fingerprint density at radius 3 is 2.56 bits per heavy atom. The van der Waals surface area contributed by atoms with Gasteiger partial charge in [0.2, 0.25) is 5.78 Å². The first-order chi connectivity index (χ1) is 11.8. The van der Waals surface area contributed by atoms with E-state index in [0.29, 0.717) is 16.8 Å². The Labute approximate surface area is 143 Å². The molecule has 132 valence electrons. The van der Waals surface area contributed by atoms with Gasteiger partial charge in [-0.1, -0.05) is 6.07 Å². The number of esters is 1. The SMILES string of the molecule is COC(=O)c1c(C)[nH]c(C(=O)[C@@H](C)Oc2cccc([N+](=O)[O-])c2)c1C. The van der Waals surface area contributed by atoms with E-state index in [1.54, 1.807) is 13.8 Å². The highest BCUT2D eigenvalue weighted by molar-refractivity contribution is 6.03. The molecule has 1 N–H and O–H groups in total. The molecule has 0 fully saturated rings. The number of ketones is 1. The smallest absolute Gasteiger partial charge is 0.339 e. The average Bonchev–Trinajstić information content (AvgIpc) is 2.88. The van der Waals surface area contributed by atoms with Gasteiger partial charge in [0.05, 0.1) is 29.4 Å². The molecule has 8 nitrogen and oxygen atoms in total. The van der Waals surface area contributed by atoms with Gasteiger partial charge in [-0.2, -0.15) is 0 Å². The molecule has 0 bridgehead atoms. The molecule has 1 aromatic carbocycles. The number of carbonyl (C=O) groups is 2. The Balaban J connectivity index is 2.25. The highest BCUT2D eigenvalue weighted by Crippen LogP contribution is 2.23. The van der Waals surface area contributed by atoms with Crippen LogP contribution in [-0.4, -0.2) is 34.9 Å². The first-order valence-corrected chi connectivity index (χ1v) is 7.49. The van der Waals surface area contributed by atoms with Gasteiger partial charge < -0.3 is 14.5 Å². The van der Waals surface area contributed by atoms with Crippen molar-refractivity contribution in [2.45, 2.75) is 26.9 Å². The second-order valence-corrected chi connectivity index (χ2v) is 5.50. The minimum atomic E-state index is -0.899. The maximum Gasteiger partial charge on any atom is 0.339 e. The molecule has 2 rings (SSSR count). The Morgan fingerprint density at radius 1 is 1.28 bits per heavy atom. The largest absolute Gasteiger partial charge is 0.482 e. The molecule has 0 saturated heterocycles. The zero-order chi connectivity index (χ0) is 18.7. The Morgan fingerprint density at radius 2 is 1.96 bits per heavy atom. The highest BCUT2D eigenvalue weighted by Gasteiger charge is 2.26. The number of ether oxygens (including phenoxy) is 2. The first kappa shape index (κ1) is 18.2. The van der Waals surface area contributed by atoms with Crippen LogP contribution in [0.5, 0.6) is 5.75 Å². The first-order valence-electron chi connectivity index (χ1n) is 7.49. The third-order valence-corrected chi connectivity index (χ3v) is 3.78. The Kier molecular flexibility index (Phi) is 5.21. The van der Waals surface area contributed by atoms with Crippen molar-refractivity contribution in [2.24, 2.45) is 0 Å². The third kappa shape index (κ3) is 3.68. The molecule has 0 aliphatic heterocycles. The van der Waals surface area contributed by atoms with Crippen molar-refractivity contribution < 1.29 is 24.0 Å². The highest BCUT2D eigenvalue weighted by atomic mass is 16.6. The molecule has 0 aliphatic carbocycles. The third-order valence-electron chi connectivity index (χ3n) is 3.78. The van der Waals surface area contributed by atoms with E-state index in [1.165, 1.54) is 38.3 Å². The summed E-state index contributed by atoms with van der Waals surface area (Å²) in [5.74, 6) is -0.691. The van der Waals surface area contributed by atoms with Crippen LogP contribution < -0.4 is 4.74 Å². The topological polar surface area (TPSA) is 112 Å². The van der Waals surface area contributed by atoms with Crippen molar-refractivity contribution >= 4 is 17.4 Å². The van der Waals surface area contributed by atoms with E-state index in [2.05, 4.69) is 4.98 Å². The van der Waals surface area contributed by atoms with Gasteiger partial charge in [0.1, 0.15) is 5.75 Å². The van der Waals surface area contributed by atoms with Crippen molar-refractivity contribution in [1.82, 2.24) is 4.98 Å². The molecule has 0 spiro atoms. The number of carbonyl (C=O) groups excluding carboxylic acids is 2. The molecule has 0 saturated carbocycles. The minimum Gasteiger partial charge on any atom is -0.482 e. The number of aromatic amines is 1. The van der Waals surface area contributed by atoms with Crippen LogP contribution in [0.1, 0.15) is 39.0 Å². The van der Waals surface area contributed by atoms with E-state index in [9.17, 15) is 19.7 Å². The number of hydrogen-bond acceptors (Lipinski definition) is 6. The quantitative estimate of drug-likeness (QED) is 0.372. The fourth-order valence-corrected chi connectivity index (χ4v) is 2.54. The predicted octanol–water partition coefficient (Wildman–Crippen LogP) is 2.98. The van der Waals surface area contributed by atoms with Crippen LogP contribution in [0.2, 0.25) is 0 Å². The fraction of sp³-hybridized carbons (Fsp3) is 0.294. The van der Waals surface area contributed by atoms with Crippen molar-refractivity contribution in [1.29, 1.82) is 0 Å². The molecule has 1 aromatic heterocycles. The van der Waals surface area contributed by atoms with E-state index >= 15 is 0 Å². The summed E-state index contributed by atoms with van der Waals surface area (Å²) in [6, 6.07) is 5.59. The van der Waals surface area contributed by atoms with E-state index in [-0.39, 0.29) is 22.9 Å². The summed E-state index contributed by atoms with van der Waals surface area (Å²) in [6.07, 6.45) is -0.899. The summed E-state index contributed by atoms with van der Waals surface area (Å²) in [4.78, 5) is 37.6. The zero-order valence-corrected chi connectivity index (χ0v) is 14.3. The van der Waals surface area contributed by atoms with Gasteiger partial charge in [0.25, 0.3) is 5.69 Å². The molecule has 0 unspecified atom stereocenters. The number of nitrogens with one attached hydrogen (secondary N) is 1. The van der Waals surface area contributed by atoms with Crippen molar-refractivity contribution in [2.75, 3.05) is 7.11 Å². The number of nitro groups is 1. The summed E-state index contributed by atoms with van der Waals surface area (Å²) in [6.45, 7) is 4.85. The Hall–Kier alpha value is -3.16. The fourth-order valence-electron chi connectivity index (χ4n) is 2.54. The number of methoxy groups -OCH3 is 1. The van der Waals surface area contributed by atoms with E-state index in [4.69, 9.17) is 9.47 Å². The van der Waals surface area contributed by atoms with E-state index < -0.39 is 17.0 Å². The molecule has 1 atom stereocenters. The van der Waals surface area contributed by atoms with Crippen LogP contribution in [0.4, 0.5) is 5.69 Å². The number of non-ortho nitro benzene ring substituents is 1. The Bertz CT molecular complexity index is 840. The maximum absolute atomic E-state index is 12.6. The van der Waals surface area contributed by atoms with Gasteiger partial charge in [-0.15, -0.1) is 0 Å². The molecule has 25 heavy (non-hydrogen) atoms. The van der Waals surface area contributed by atoms with Crippen LogP contribution in [0.15, 0.2) is 24.3 Å². The number of hydrogen-bond donors (Lipinski definition) is 1. The van der Waals surface area contributed by atoms with Crippen molar-refractivity contribution in [3.63, 3.8) is 0 Å². The number of Topliss-reactive ketones (excluding diaryl/α,β-unsaturated/α-hetero) is 1. The minimum absolute atomic E-state index is 0.128. The predicted molar refractivity (Wildman–Crippen MR) is 89.1 cm³/mol. The summed E-state index contributed by atoms with van der Waals surface area (Å²) in [5, 5.41) is 10.8. The van der Waals surface area contributed by atoms with Gasteiger partial charge >= 0.3 is 5.97 Å². The number of aromatic nitrogens is 1. The summed E-state index contributed by atoms with van der Waals surface area (Å²) in [5.41, 5.74) is 1.43. The van der Waals surface area contributed by atoms with Crippen molar-refractivity contribution in [3.8, 4) is 5.75 Å². The number of H-pyrrole nitrogens is 1. The van der Waals surface area contributed by atoms with Crippen LogP contribution in [-0.2, 0) is 4.74 Å². The van der Waals surface area contributed by atoms with Crippen molar-refractivity contribution in [3.05, 3.63) is 56.9 Å². The van der Waals surface area contributed by atoms with Gasteiger partial charge in [0, 0.05) is 11.8 Å². The number of benzene rings is 1. The van der Waals surface area contributed by atoms with E-state index in [1.807, 2.05) is 0 Å². The lowest BCUT2D eigenvalue weighted by Crippen LogP contribution is -2.25. The molecule has 0 aliphatic rings. The molecular formula is C17H18N2O6. The summed E-state index contributed by atoms with van der Waals surface area (Å²) >= 11 is 0. The van der Waals surface area contributed by atoms with Crippen LogP contribution >= 0.6 is 0 Å². The van der Waals surface area contributed by atoms with Crippen LogP contribution in [0.25, 0.3) is 0 Å². The standard InChI is InChI=1S/C17H18N2O6/c1-9-14(17(21)24-4)10(2)18-15(9)16(20)11(3)25-13-7-5-6-12(8-13)19(22)23/h5-8,11,18H,1-4H3/t11-/m1/s1. The second-order valence-electron chi connectivity index (χ2n) is 5.50. The van der Waals surface area contributed by atoms with Crippen LogP contribution in [0, 0.1) is 24.0 Å². The molecule has 1 heterocycles. The summed E-state index contributed by atoms with van der Waals surface area (Å²) in [7, 11) is 1.27. The lowest BCUT2D eigenvalue weighted by atomic mass is 10.1. The maximum atomic E-state index is 12.6.